The van der Waals surface area contributed by atoms with E-state index in [0.717, 1.165) is 56.1 Å². The summed E-state index contributed by atoms with van der Waals surface area (Å²) in [5.74, 6) is 3.03. The van der Waals surface area contributed by atoms with Crippen molar-refractivity contribution in [1.82, 2.24) is 24.3 Å². The summed E-state index contributed by atoms with van der Waals surface area (Å²) in [5.41, 5.74) is -0.106. The topological polar surface area (TPSA) is 65.6 Å². The standard InChI is InChI=1S/C14H16ClN5O/c15-10-7-13(21)20(14(16-10)9-4-5-9)8-12-18-17-11-3-1-2-6-19(11)12/h7,9H,1-6,8H2. The quantitative estimate of drug-likeness (QED) is 0.810. The molecule has 0 saturated heterocycles. The Morgan fingerprint density at radius 3 is 2.95 bits per heavy atom. The summed E-state index contributed by atoms with van der Waals surface area (Å²) in [5, 5.41) is 8.79. The van der Waals surface area contributed by atoms with Crippen LogP contribution in [-0.2, 0) is 19.5 Å². The summed E-state index contributed by atoms with van der Waals surface area (Å²) in [6.45, 7) is 1.37. The first-order chi connectivity index (χ1) is 10.2. The highest BCUT2D eigenvalue weighted by atomic mass is 35.5. The number of hydrogen-bond acceptors (Lipinski definition) is 4. The molecule has 0 spiro atoms. The number of aromatic nitrogens is 5. The van der Waals surface area contributed by atoms with Crippen LogP contribution in [0.4, 0.5) is 0 Å². The zero-order valence-corrected chi connectivity index (χ0v) is 12.4. The van der Waals surface area contributed by atoms with Crippen molar-refractivity contribution in [2.75, 3.05) is 0 Å². The van der Waals surface area contributed by atoms with Gasteiger partial charge in [0.25, 0.3) is 5.56 Å². The predicted octanol–water partition coefficient (Wildman–Crippen LogP) is 1.75. The third-order valence-electron chi connectivity index (χ3n) is 4.18. The van der Waals surface area contributed by atoms with Crippen LogP contribution in [0.15, 0.2) is 10.9 Å². The van der Waals surface area contributed by atoms with E-state index in [-0.39, 0.29) is 10.7 Å². The summed E-state index contributed by atoms with van der Waals surface area (Å²) in [6.07, 6.45) is 5.42. The van der Waals surface area contributed by atoms with E-state index in [1.54, 1.807) is 4.57 Å². The molecule has 3 heterocycles. The smallest absolute Gasteiger partial charge is 0.255 e. The fraction of sp³-hybridized carbons (Fsp3) is 0.571. The molecule has 2 aromatic heterocycles. The molecule has 0 atom stereocenters. The van der Waals surface area contributed by atoms with Gasteiger partial charge in [-0.05, 0) is 25.7 Å². The molecule has 1 aliphatic carbocycles. The first kappa shape index (κ1) is 13.0. The van der Waals surface area contributed by atoms with Gasteiger partial charge in [0, 0.05) is 24.9 Å². The monoisotopic (exact) mass is 305 g/mol. The van der Waals surface area contributed by atoms with Gasteiger partial charge in [0.2, 0.25) is 0 Å². The van der Waals surface area contributed by atoms with Crippen molar-refractivity contribution in [3.05, 3.63) is 39.0 Å². The minimum Gasteiger partial charge on any atom is -0.313 e. The lowest BCUT2D eigenvalue weighted by Crippen LogP contribution is -2.26. The zero-order valence-electron chi connectivity index (χ0n) is 11.6. The third-order valence-corrected chi connectivity index (χ3v) is 4.38. The molecule has 4 rings (SSSR count). The van der Waals surface area contributed by atoms with Gasteiger partial charge < -0.3 is 4.57 Å². The maximum Gasteiger partial charge on any atom is 0.255 e. The molecule has 21 heavy (non-hydrogen) atoms. The van der Waals surface area contributed by atoms with E-state index in [0.29, 0.717) is 12.5 Å². The molecule has 0 radical (unpaired) electrons. The van der Waals surface area contributed by atoms with Gasteiger partial charge >= 0.3 is 0 Å². The molecule has 2 aliphatic rings. The Kier molecular flexibility index (Phi) is 3.06. The van der Waals surface area contributed by atoms with Crippen molar-refractivity contribution in [1.29, 1.82) is 0 Å². The van der Waals surface area contributed by atoms with E-state index < -0.39 is 0 Å². The molecule has 7 heteroatoms. The van der Waals surface area contributed by atoms with Gasteiger partial charge in [-0.25, -0.2) is 4.98 Å². The number of halogens is 1. The Hall–Kier alpha value is -1.69. The van der Waals surface area contributed by atoms with Crippen molar-refractivity contribution in [2.45, 2.75) is 51.1 Å². The lowest BCUT2D eigenvalue weighted by atomic mass is 10.2. The van der Waals surface area contributed by atoms with Gasteiger partial charge in [-0.2, -0.15) is 0 Å². The highest BCUT2D eigenvalue weighted by molar-refractivity contribution is 6.29. The molecule has 0 bridgehead atoms. The molecular weight excluding hydrogens is 290 g/mol. The molecule has 0 N–H and O–H groups in total. The number of hydrogen-bond donors (Lipinski definition) is 0. The normalized spacial score (nSPS) is 17.8. The van der Waals surface area contributed by atoms with Gasteiger partial charge in [-0.1, -0.05) is 11.6 Å². The maximum atomic E-state index is 12.3. The Balaban J connectivity index is 1.74. The molecule has 0 aromatic carbocycles. The first-order valence-corrected chi connectivity index (χ1v) is 7.78. The minimum atomic E-state index is -0.106. The molecule has 1 saturated carbocycles. The Labute approximate surface area is 126 Å². The van der Waals surface area contributed by atoms with Crippen LogP contribution < -0.4 is 5.56 Å². The maximum absolute atomic E-state index is 12.3. The summed E-state index contributed by atoms with van der Waals surface area (Å²) < 4.78 is 3.84. The van der Waals surface area contributed by atoms with Crippen LogP contribution in [0.3, 0.4) is 0 Å². The fourth-order valence-corrected chi connectivity index (χ4v) is 3.11. The van der Waals surface area contributed by atoms with Gasteiger partial charge in [0.15, 0.2) is 5.82 Å². The highest BCUT2D eigenvalue weighted by Crippen LogP contribution is 2.38. The van der Waals surface area contributed by atoms with E-state index in [4.69, 9.17) is 11.6 Å². The van der Waals surface area contributed by atoms with Crippen molar-refractivity contribution < 1.29 is 0 Å². The zero-order chi connectivity index (χ0) is 14.4. The van der Waals surface area contributed by atoms with Crippen molar-refractivity contribution >= 4 is 11.6 Å². The molecular formula is C14H16ClN5O. The van der Waals surface area contributed by atoms with E-state index in [9.17, 15) is 4.79 Å². The van der Waals surface area contributed by atoms with E-state index in [1.165, 1.54) is 6.07 Å². The van der Waals surface area contributed by atoms with Gasteiger partial charge in [0.1, 0.15) is 16.8 Å². The van der Waals surface area contributed by atoms with Crippen molar-refractivity contribution in [3.63, 3.8) is 0 Å². The molecule has 110 valence electrons. The van der Waals surface area contributed by atoms with Crippen molar-refractivity contribution in [3.8, 4) is 0 Å². The summed E-state index contributed by atoms with van der Waals surface area (Å²) in [4.78, 5) is 16.6. The van der Waals surface area contributed by atoms with Crippen LogP contribution in [0.5, 0.6) is 0 Å². The Morgan fingerprint density at radius 2 is 2.14 bits per heavy atom. The SMILES string of the molecule is O=c1cc(Cl)nc(C2CC2)n1Cc1nnc2n1CCCC2. The molecule has 2 aromatic rings. The number of fused-ring (bicyclic) bond motifs is 1. The fourth-order valence-electron chi connectivity index (χ4n) is 2.93. The molecule has 6 nitrogen and oxygen atoms in total. The van der Waals surface area contributed by atoms with Gasteiger partial charge in [-0.15, -0.1) is 10.2 Å². The van der Waals surface area contributed by atoms with Crippen LogP contribution in [0, 0.1) is 0 Å². The Bertz CT molecular complexity index is 746. The second-order valence-electron chi connectivity index (χ2n) is 5.78. The summed E-state index contributed by atoms with van der Waals surface area (Å²) >= 11 is 5.93. The van der Waals surface area contributed by atoms with E-state index >= 15 is 0 Å². The lowest BCUT2D eigenvalue weighted by molar-refractivity contribution is 0.496. The first-order valence-electron chi connectivity index (χ1n) is 7.40. The minimum absolute atomic E-state index is 0.106. The number of nitrogens with zero attached hydrogens (tertiary/aromatic N) is 5. The largest absolute Gasteiger partial charge is 0.313 e. The second-order valence-corrected chi connectivity index (χ2v) is 6.16. The van der Waals surface area contributed by atoms with Gasteiger partial charge in [0.05, 0.1) is 6.54 Å². The Morgan fingerprint density at radius 1 is 1.29 bits per heavy atom. The van der Waals surface area contributed by atoms with Crippen LogP contribution in [0.2, 0.25) is 5.15 Å². The van der Waals surface area contributed by atoms with E-state index in [1.807, 2.05) is 0 Å². The average Bonchev–Trinajstić information content (AvgIpc) is 3.23. The van der Waals surface area contributed by atoms with Crippen LogP contribution in [-0.4, -0.2) is 24.3 Å². The van der Waals surface area contributed by atoms with Crippen LogP contribution >= 0.6 is 11.6 Å². The van der Waals surface area contributed by atoms with Crippen LogP contribution in [0.25, 0.3) is 0 Å². The van der Waals surface area contributed by atoms with E-state index in [2.05, 4.69) is 19.7 Å². The summed E-state index contributed by atoms with van der Waals surface area (Å²) in [6, 6.07) is 1.38. The molecule has 1 aliphatic heterocycles. The van der Waals surface area contributed by atoms with Gasteiger partial charge in [-0.3, -0.25) is 9.36 Å². The molecule has 0 unspecified atom stereocenters. The number of rotatable bonds is 3. The average molecular weight is 306 g/mol. The van der Waals surface area contributed by atoms with Crippen LogP contribution in [0.1, 0.15) is 49.1 Å². The summed E-state index contributed by atoms with van der Waals surface area (Å²) in [7, 11) is 0. The van der Waals surface area contributed by atoms with Crippen molar-refractivity contribution in [2.24, 2.45) is 0 Å². The molecule has 0 amide bonds. The predicted molar refractivity (Wildman–Crippen MR) is 77.5 cm³/mol. The highest BCUT2D eigenvalue weighted by Gasteiger charge is 2.29. The second kappa shape index (κ2) is 4.94. The molecule has 1 fully saturated rings. The third kappa shape index (κ3) is 2.37. The lowest BCUT2D eigenvalue weighted by Gasteiger charge is -2.16. The number of aryl methyl sites for hydroxylation is 1.